The molecule has 0 bridgehead atoms. The van der Waals surface area contributed by atoms with Gasteiger partial charge in [0.15, 0.2) is 0 Å². The molecular formula is C8H15NO. The smallest absolute Gasteiger partial charge is 0.207 e. The fourth-order valence-electron chi connectivity index (χ4n) is 1.78. The zero-order valence-corrected chi connectivity index (χ0v) is 6.52. The minimum atomic E-state index is 0.168. The van der Waals surface area contributed by atoms with Gasteiger partial charge in [-0.25, -0.2) is 0 Å². The summed E-state index contributed by atoms with van der Waals surface area (Å²) in [5.74, 6) is 0. The van der Waals surface area contributed by atoms with Crippen LogP contribution in [0.2, 0.25) is 0 Å². The van der Waals surface area contributed by atoms with Crippen LogP contribution in [0, 0.1) is 0 Å². The third-order valence-electron chi connectivity index (χ3n) is 2.60. The van der Waals surface area contributed by atoms with Gasteiger partial charge in [0.1, 0.15) is 0 Å². The number of amides is 1. The molecule has 1 N–H and O–H groups in total. The van der Waals surface area contributed by atoms with Crippen molar-refractivity contribution in [2.45, 2.75) is 44.6 Å². The standard InChI is InChI=1S/C8H15NO/c1-2-8(9-7-10)5-3-4-6-8/h7H,2-6H2,1H3,(H,9,10). The number of hydrogen-bond donors (Lipinski definition) is 1. The molecule has 0 spiro atoms. The van der Waals surface area contributed by atoms with E-state index in [0.717, 1.165) is 12.8 Å². The van der Waals surface area contributed by atoms with Gasteiger partial charge in [-0.15, -0.1) is 0 Å². The molecule has 1 amide bonds. The minimum absolute atomic E-state index is 0.168. The molecule has 1 aliphatic rings. The summed E-state index contributed by atoms with van der Waals surface area (Å²) in [6.07, 6.45) is 6.80. The lowest BCUT2D eigenvalue weighted by molar-refractivity contribution is -0.111. The van der Waals surface area contributed by atoms with Gasteiger partial charge in [-0.05, 0) is 19.3 Å². The predicted octanol–water partition coefficient (Wildman–Crippen LogP) is 1.46. The van der Waals surface area contributed by atoms with Gasteiger partial charge < -0.3 is 5.32 Å². The summed E-state index contributed by atoms with van der Waals surface area (Å²) >= 11 is 0. The number of rotatable bonds is 3. The van der Waals surface area contributed by atoms with E-state index in [0.29, 0.717) is 0 Å². The monoisotopic (exact) mass is 141 g/mol. The summed E-state index contributed by atoms with van der Waals surface area (Å²) in [4.78, 5) is 10.2. The summed E-state index contributed by atoms with van der Waals surface area (Å²) in [6.45, 7) is 2.14. The second-order valence-electron chi connectivity index (χ2n) is 3.10. The number of hydrogen-bond acceptors (Lipinski definition) is 1. The van der Waals surface area contributed by atoms with Crippen LogP contribution in [-0.4, -0.2) is 11.9 Å². The molecule has 0 aliphatic heterocycles. The van der Waals surface area contributed by atoms with Gasteiger partial charge in [-0.1, -0.05) is 19.8 Å². The molecular weight excluding hydrogens is 126 g/mol. The Morgan fingerprint density at radius 3 is 2.50 bits per heavy atom. The Balaban J connectivity index is 2.48. The molecule has 2 nitrogen and oxygen atoms in total. The Morgan fingerprint density at radius 1 is 1.50 bits per heavy atom. The Kier molecular flexibility index (Phi) is 2.30. The van der Waals surface area contributed by atoms with Crippen molar-refractivity contribution in [3.63, 3.8) is 0 Å². The first-order chi connectivity index (χ1) is 4.83. The van der Waals surface area contributed by atoms with E-state index in [1.807, 2.05) is 0 Å². The lowest BCUT2D eigenvalue weighted by Gasteiger charge is -2.26. The third kappa shape index (κ3) is 1.31. The number of nitrogens with one attached hydrogen (secondary N) is 1. The molecule has 10 heavy (non-hydrogen) atoms. The molecule has 1 aliphatic carbocycles. The molecule has 0 atom stereocenters. The Bertz CT molecular complexity index is 116. The van der Waals surface area contributed by atoms with E-state index in [2.05, 4.69) is 12.2 Å². The van der Waals surface area contributed by atoms with Crippen molar-refractivity contribution in [3.05, 3.63) is 0 Å². The lowest BCUT2D eigenvalue weighted by atomic mass is 9.95. The zero-order valence-electron chi connectivity index (χ0n) is 6.52. The number of carbonyl (C=O) groups excluding carboxylic acids is 1. The van der Waals surface area contributed by atoms with Crippen LogP contribution in [0.15, 0.2) is 0 Å². The predicted molar refractivity (Wildman–Crippen MR) is 40.7 cm³/mol. The summed E-state index contributed by atoms with van der Waals surface area (Å²) in [5.41, 5.74) is 0.168. The molecule has 2 heteroatoms. The summed E-state index contributed by atoms with van der Waals surface area (Å²) in [5, 5.41) is 2.93. The lowest BCUT2D eigenvalue weighted by Crippen LogP contribution is -2.40. The van der Waals surface area contributed by atoms with E-state index in [1.165, 1.54) is 25.7 Å². The fourth-order valence-corrected chi connectivity index (χ4v) is 1.78. The van der Waals surface area contributed by atoms with E-state index < -0.39 is 0 Å². The number of carbonyl (C=O) groups is 1. The van der Waals surface area contributed by atoms with Gasteiger partial charge >= 0.3 is 0 Å². The highest BCUT2D eigenvalue weighted by Crippen LogP contribution is 2.31. The van der Waals surface area contributed by atoms with Crippen LogP contribution in [0.1, 0.15) is 39.0 Å². The SMILES string of the molecule is CCC1(NC=O)CCCC1. The Labute approximate surface area is 62.0 Å². The van der Waals surface area contributed by atoms with Crippen molar-refractivity contribution in [1.29, 1.82) is 0 Å². The molecule has 0 unspecified atom stereocenters. The fraction of sp³-hybridized carbons (Fsp3) is 0.875. The molecule has 0 aromatic carbocycles. The molecule has 0 aromatic rings. The minimum Gasteiger partial charge on any atom is -0.353 e. The molecule has 0 heterocycles. The maximum Gasteiger partial charge on any atom is 0.207 e. The maximum absolute atomic E-state index is 10.2. The average Bonchev–Trinajstić information content (AvgIpc) is 2.39. The van der Waals surface area contributed by atoms with Crippen LogP contribution in [-0.2, 0) is 4.79 Å². The zero-order chi connectivity index (χ0) is 7.45. The van der Waals surface area contributed by atoms with Crippen molar-refractivity contribution in [2.75, 3.05) is 0 Å². The first kappa shape index (κ1) is 7.58. The van der Waals surface area contributed by atoms with Gasteiger partial charge in [-0.3, -0.25) is 4.79 Å². The first-order valence-corrected chi connectivity index (χ1v) is 4.04. The van der Waals surface area contributed by atoms with Crippen LogP contribution in [0.3, 0.4) is 0 Å². The second-order valence-corrected chi connectivity index (χ2v) is 3.10. The van der Waals surface area contributed by atoms with E-state index in [1.54, 1.807) is 0 Å². The van der Waals surface area contributed by atoms with Crippen molar-refractivity contribution in [2.24, 2.45) is 0 Å². The van der Waals surface area contributed by atoms with Crippen LogP contribution in [0.25, 0.3) is 0 Å². The highest BCUT2D eigenvalue weighted by atomic mass is 16.1. The van der Waals surface area contributed by atoms with Crippen molar-refractivity contribution < 1.29 is 4.79 Å². The van der Waals surface area contributed by atoms with E-state index in [-0.39, 0.29) is 5.54 Å². The molecule has 1 saturated carbocycles. The summed E-state index contributed by atoms with van der Waals surface area (Å²) < 4.78 is 0. The van der Waals surface area contributed by atoms with Crippen LogP contribution < -0.4 is 5.32 Å². The van der Waals surface area contributed by atoms with E-state index >= 15 is 0 Å². The van der Waals surface area contributed by atoms with Crippen LogP contribution in [0.5, 0.6) is 0 Å². The average molecular weight is 141 g/mol. The van der Waals surface area contributed by atoms with E-state index in [9.17, 15) is 4.79 Å². The quantitative estimate of drug-likeness (QED) is 0.592. The summed E-state index contributed by atoms with van der Waals surface area (Å²) in [6, 6.07) is 0. The van der Waals surface area contributed by atoms with Crippen LogP contribution in [0.4, 0.5) is 0 Å². The largest absolute Gasteiger partial charge is 0.353 e. The molecule has 1 fully saturated rings. The highest BCUT2D eigenvalue weighted by molar-refractivity contribution is 5.48. The first-order valence-electron chi connectivity index (χ1n) is 4.04. The normalized spacial score (nSPS) is 22.5. The molecule has 0 saturated heterocycles. The van der Waals surface area contributed by atoms with Crippen molar-refractivity contribution in [3.8, 4) is 0 Å². The van der Waals surface area contributed by atoms with Gasteiger partial charge in [0.25, 0.3) is 0 Å². The van der Waals surface area contributed by atoms with E-state index in [4.69, 9.17) is 0 Å². The summed E-state index contributed by atoms with van der Waals surface area (Å²) in [7, 11) is 0. The maximum atomic E-state index is 10.2. The van der Waals surface area contributed by atoms with Gasteiger partial charge in [0.05, 0.1) is 0 Å². The molecule has 58 valence electrons. The van der Waals surface area contributed by atoms with Crippen molar-refractivity contribution in [1.82, 2.24) is 5.32 Å². The van der Waals surface area contributed by atoms with Gasteiger partial charge in [-0.2, -0.15) is 0 Å². The molecule has 0 aromatic heterocycles. The van der Waals surface area contributed by atoms with Gasteiger partial charge in [0, 0.05) is 5.54 Å². The topological polar surface area (TPSA) is 29.1 Å². The molecule has 1 rings (SSSR count). The Morgan fingerprint density at radius 2 is 2.10 bits per heavy atom. The van der Waals surface area contributed by atoms with Crippen molar-refractivity contribution >= 4 is 6.41 Å². The van der Waals surface area contributed by atoms with Crippen LogP contribution >= 0.6 is 0 Å². The second kappa shape index (κ2) is 3.04. The highest BCUT2D eigenvalue weighted by Gasteiger charge is 2.30. The van der Waals surface area contributed by atoms with Gasteiger partial charge in [0.2, 0.25) is 6.41 Å². The third-order valence-corrected chi connectivity index (χ3v) is 2.60. The molecule has 0 radical (unpaired) electrons. The Hall–Kier alpha value is -0.530.